The summed E-state index contributed by atoms with van der Waals surface area (Å²) in [6, 6.07) is 11.3. The average molecular weight is 331 g/mol. The van der Waals surface area contributed by atoms with E-state index < -0.39 is 0 Å². The van der Waals surface area contributed by atoms with Crippen LogP contribution in [0.15, 0.2) is 42.6 Å². The van der Waals surface area contributed by atoms with Crippen LogP contribution >= 0.6 is 23.4 Å². The minimum atomic E-state index is -0.173. The molecule has 1 amide bonds. The van der Waals surface area contributed by atoms with Crippen LogP contribution in [0.4, 0.5) is 5.82 Å². The van der Waals surface area contributed by atoms with Crippen molar-refractivity contribution in [1.29, 1.82) is 0 Å². The number of nitrogens with zero attached hydrogens (tertiary/aromatic N) is 3. The van der Waals surface area contributed by atoms with Crippen LogP contribution in [0.1, 0.15) is 10.9 Å². The molecule has 4 rings (SSSR count). The van der Waals surface area contributed by atoms with Crippen molar-refractivity contribution >= 4 is 46.1 Å². The van der Waals surface area contributed by atoms with Gasteiger partial charge in [-0.05, 0) is 18.2 Å². The molecular weight excluding hydrogens is 320 g/mol. The maximum atomic E-state index is 12.4. The van der Waals surface area contributed by atoms with Crippen molar-refractivity contribution in [2.24, 2.45) is 0 Å². The third-order valence-electron chi connectivity index (χ3n) is 3.58. The molecule has 0 unspecified atom stereocenters. The molecule has 0 aliphatic carbocycles. The van der Waals surface area contributed by atoms with Gasteiger partial charge in [0, 0.05) is 16.8 Å². The predicted molar refractivity (Wildman–Crippen MR) is 88.0 cm³/mol. The zero-order valence-electron chi connectivity index (χ0n) is 11.4. The maximum absolute atomic E-state index is 12.4. The quantitative estimate of drug-likeness (QED) is 0.782. The van der Waals surface area contributed by atoms with Crippen LogP contribution in [0, 0.1) is 0 Å². The number of H-pyrrole nitrogens is 1. The summed E-state index contributed by atoms with van der Waals surface area (Å²) < 4.78 is 0. The highest BCUT2D eigenvalue weighted by Gasteiger charge is 2.37. The highest BCUT2D eigenvalue weighted by atomic mass is 35.5. The SMILES string of the molecule is O=C1CS[C@@H](c2ccccc2Cl)N1c1n[nH]c2ncccc12. The molecule has 0 radical (unpaired) electrons. The summed E-state index contributed by atoms with van der Waals surface area (Å²) in [4.78, 5) is 18.3. The minimum absolute atomic E-state index is 0.0205. The number of amides is 1. The lowest BCUT2D eigenvalue weighted by atomic mass is 10.2. The van der Waals surface area contributed by atoms with E-state index in [-0.39, 0.29) is 11.3 Å². The third-order valence-corrected chi connectivity index (χ3v) is 5.12. The van der Waals surface area contributed by atoms with Crippen molar-refractivity contribution in [1.82, 2.24) is 15.2 Å². The van der Waals surface area contributed by atoms with E-state index >= 15 is 0 Å². The summed E-state index contributed by atoms with van der Waals surface area (Å²) in [6.07, 6.45) is 1.69. The first-order valence-corrected chi connectivity index (χ1v) is 8.15. The molecule has 0 saturated carbocycles. The Balaban J connectivity index is 1.85. The van der Waals surface area contributed by atoms with Crippen LogP contribution in [0.2, 0.25) is 5.02 Å². The van der Waals surface area contributed by atoms with Crippen molar-refractivity contribution in [3.63, 3.8) is 0 Å². The molecule has 1 N–H and O–H groups in total. The van der Waals surface area contributed by atoms with E-state index in [1.807, 2.05) is 36.4 Å². The van der Waals surface area contributed by atoms with E-state index in [0.29, 0.717) is 22.2 Å². The maximum Gasteiger partial charge on any atom is 0.239 e. The minimum Gasteiger partial charge on any atom is -0.277 e. The van der Waals surface area contributed by atoms with Crippen LogP contribution < -0.4 is 4.90 Å². The Morgan fingerprint density at radius 1 is 1.27 bits per heavy atom. The smallest absolute Gasteiger partial charge is 0.239 e. The number of aromatic amines is 1. The van der Waals surface area contributed by atoms with Crippen molar-refractivity contribution in [3.05, 3.63) is 53.2 Å². The zero-order valence-corrected chi connectivity index (χ0v) is 12.9. The number of aromatic nitrogens is 3. The van der Waals surface area contributed by atoms with Gasteiger partial charge >= 0.3 is 0 Å². The monoisotopic (exact) mass is 330 g/mol. The van der Waals surface area contributed by atoms with Gasteiger partial charge in [-0.15, -0.1) is 11.8 Å². The molecule has 5 nitrogen and oxygen atoms in total. The molecule has 3 heterocycles. The van der Waals surface area contributed by atoms with Gasteiger partial charge < -0.3 is 0 Å². The van der Waals surface area contributed by atoms with Gasteiger partial charge in [0.25, 0.3) is 0 Å². The van der Waals surface area contributed by atoms with Gasteiger partial charge in [0.2, 0.25) is 5.91 Å². The van der Waals surface area contributed by atoms with Gasteiger partial charge in [-0.1, -0.05) is 29.8 Å². The number of pyridine rings is 1. The molecule has 110 valence electrons. The topological polar surface area (TPSA) is 61.9 Å². The van der Waals surface area contributed by atoms with Gasteiger partial charge in [-0.25, -0.2) is 4.98 Å². The first-order valence-electron chi connectivity index (χ1n) is 6.73. The number of fused-ring (bicyclic) bond motifs is 1. The number of benzene rings is 1. The lowest BCUT2D eigenvalue weighted by Gasteiger charge is -2.23. The molecule has 22 heavy (non-hydrogen) atoms. The van der Waals surface area contributed by atoms with E-state index in [0.717, 1.165) is 10.9 Å². The number of nitrogens with one attached hydrogen (secondary N) is 1. The van der Waals surface area contributed by atoms with Gasteiger partial charge in [-0.3, -0.25) is 14.8 Å². The third kappa shape index (κ3) is 2.07. The van der Waals surface area contributed by atoms with Crippen molar-refractivity contribution in [2.45, 2.75) is 5.37 Å². The Bertz CT molecular complexity index is 865. The van der Waals surface area contributed by atoms with Crippen LogP contribution in [0.3, 0.4) is 0 Å². The first-order chi connectivity index (χ1) is 10.8. The molecule has 1 aromatic carbocycles. The highest BCUT2D eigenvalue weighted by Crippen LogP contribution is 2.44. The van der Waals surface area contributed by atoms with Crippen molar-refractivity contribution in [3.8, 4) is 0 Å². The van der Waals surface area contributed by atoms with Crippen molar-refractivity contribution in [2.75, 3.05) is 10.7 Å². The lowest BCUT2D eigenvalue weighted by Crippen LogP contribution is -2.28. The number of carbonyl (C=O) groups is 1. The summed E-state index contributed by atoms with van der Waals surface area (Å²) in [5, 5.41) is 8.48. The molecule has 1 aliphatic heterocycles. The Hall–Kier alpha value is -2.05. The first kappa shape index (κ1) is 13.6. The zero-order chi connectivity index (χ0) is 15.1. The molecule has 0 bridgehead atoms. The van der Waals surface area contributed by atoms with Gasteiger partial charge in [0.1, 0.15) is 5.37 Å². The number of thioether (sulfide) groups is 1. The fraction of sp³-hybridized carbons (Fsp3) is 0.133. The second kappa shape index (κ2) is 5.30. The summed E-state index contributed by atoms with van der Waals surface area (Å²) in [7, 11) is 0. The van der Waals surface area contributed by atoms with Crippen molar-refractivity contribution < 1.29 is 4.79 Å². The summed E-state index contributed by atoms with van der Waals surface area (Å²) >= 11 is 7.86. The Labute approximate surface area is 135 Å². The molecule has 2 aromatic heterocycles. The molecule has 1 fully saturated rings. The number of hydrogen-bond acceptors (Lipinski definition) is 4. The molecule has 7 heteroatoms. The van der Waals surface area contributed by atoms with Crippen LogP contribution in [-0.4, -0.2) is 26.8 Å². The molecule has 3 aromatic rings. The predicted octanol–water partition coefficient (Wildman–Crippen LogP) is 3.39. The van der Waals surface area contributed by atoms with Crippen LogP contribution in [0.5, 0.6) is 0 Å². The number of carbonyl (C=O) groups excluding carboxylic acids is 1. The standard InChI is InChI=1S/C15H11ClN4OS/c16-11-6-2-1-4-9(11)15-20(12(21)8-22-15)14-10-5-3-7-17-13(10)18-19-14/h1-7,15H,8H2,(H,17,18,19)/t15-/m0/s1. The van der Waals surface area contributed by atoms with Crippen LogP contribution in [-0.2, 0) is 4.79 Å². The largest absolute Gasteiger partial charge is 0.277 e. The van der Waals surface area contributed by atoms with E-state index in [4.69, 9.17) is 11.6 Å². The van der Waals surface area contributed by atoms with Crippen LogP contribution in [0.25, 0.3) is 11.0 Å². The normalized spacial score (nSPS) is 18.3. The van der Waals surface area contributed by atoms with E-state index in [9.17, 15) is 4.79 Å². The van der Waals surface area contributed by atoms with E-state index in [2.05, 4.69) is 15.2 Å². The number of halogens is 1. The van der Waals surface area contributed by atoms with Gasteiger partial charge in [-0.2, -0.15) is 5.10 Å². The molecule has 1 atom stereocenters. The molecule has 1 saturated heterocycles. The molecular formula is C15H11ClN4OS. The number of hydrogen-bond donors (Lipinski definition) is 1. The summed E-state index contributed by atoms with van der Waals surface area (Å²) in [6.45, 7) is 0. The second-order valence-electron chi connectivity index (χ2n) is 4.90. The Morgan fingerprint density at radius 2 is 2.14 bits per heavy atom. The lowest BCUT2D eigenvalue weighted by molar-refractivity contribution is -0.115. The fourth-order valence-electron chi connectivity index (χ4n) is 2.58. The number of rotatable bonds is 2. The fourth-order valence-corrected chi connectivity index (χ4v) is 4.08. The summed E-state index contributed by atoms with van der Waals surface area (Å²) in [5.41, 5.74) is 1.58. The molecule has 1 aliphatic rings. The van der Waals surface area contributed by atoms with E-state index in [1.54, 1.807) is 22.9 Å². The second-order valence-corrected chi connectivity index (χ2v) is 6.37. The highest BCUT2D eigenvalue weighted by molar-refractivity contribution is 8.00. The van der Waals surface area contributed by atoms with E-state index in [1.165, 1.54) is 0 Å². The number of anilines is 1. The average Bonchev–Trinajstić information content (AvgIpc) is 3.11. The Kier molecular flexibility index (Phi) is 3.28. The molecule has 0 spiro atoms. The van der Waals surface area contributed by atoms with Gasteiger partial charge in [0.15, 0.2) is 11.5 Å². The van der Waals surface area contributed by atoms with Gasteiger partial charge in [0.05, 0.1) is 11.1 Å². The Morgan fingerprint density at radius 3 is 3.00 bits per heavy atom. The summed E-state index contributed by atoms with van der Waals surface area (Å²) in [5.74, 6) is 1.03.